The van der Waals surface area contributed by atoms with Crippen LogP contribution in [0.1, 0.15) is 32.8 Å². The number of carbonyl (C=O) groups excluding carboxylic acids is 1. The molecule has 0 bridgehead atoms. The molecule has 0 unspecified atom stereocenters. The summed E-state index contributed by atoms with van der Waals surface area (Å²) in [6.07, 6.45) is -4.18. The number of amides is 1. The number of hydrogen-bond acceptors (Lipinski definition) is 5. The molecule has 3 rings (SSSR count). The van der Waals surface area contributed by atoms with Gasteiger partial charge in [0.05, 0.1) is 17.9 Å². The molecule has 10 heteroatoms. The number of ether oxygens (including phenoxy) is 2. The van der Waals surface area contributed by atoms with E-state index < -0.39 is 11.7 Å². The molecule has 7 nitrogen and oxygen atoms in total. The first-order chi connectivity index (χ1) is 16.0. The smallest absolute Gasteiger partial charge is 0.416 e. The van der Waals surface area contributed by atoms with E-state index in [1.165, 1.54) is 23.9 Å². The molecule has 0 spiro atoms. The predicted octanol–water partition coefficient (Wildman–Crippen LogP) is 5.35. The summed E-state index contributed by atoms with van der Waals surface area (Å²) < 4.78 is 51.7. The largest absolute Gasteiger partial charge is 0.460 e. The van der Waals surface area contributed by atoms with Crippen LogP contribution >= 0.6 is 0 Å². The molecular formula is C24H27F3N4O3. The van der Waals surface area contributed by atoms with Gasteiger partial charge in [0.25, 0.3) is 0 Å². The second-order valence-electron chi connectivity index (χ2n) is 8.89. The number of hydrogen-bond donors (Lipinski definition) is 1. The highest BCUT2D eigenvalue weighted by Crippen LogP contribution is 2.33. The van der Waals surface area contributed by atoms with Crippen LogP contribution in [0.4, 0.5) is 18.9 Å². The number of halogens is 3. The zero-order valence-electron chi connectivity index (χ0n) is 19.4. The van der Waals surface area contributed by atoms with Crippen molar-refractivity contribution in [2.24, 2.45) is 5.41 Å². The fourth-order valence-electron chi connectivity index (χ4n) is 3.17. The van der Waals surface area contributed by atoms with Crippen LogP contribution in [0.3, 0.4) is 0 Å². The summed E-state index contributed by atoms with van der Waals surface area (Å²) in [4.78, 5) is 16.7. The average Bonchev–Trinajstić information content (AvgIpc) is 3.16. The highest BCUT2D eigenvalue weighted by atomic mass is 19.4. The Morgan fingerprint density at radius 1 is 1.06 bits per heavy atom. The summed E-state index contributed by atoms with van der Waals surface area (Å²) in [6.45, 7) is 6.36. The first-order valence-electron chi connectivity index (χ1n) is 10.6. The van der Waals surface area contributed by atoms with E-state index in [-0.39, 0.29) is 35.3 Å². The molecular weight excluding hydrogens is 449 g/mol. The van der Waals surface area contributed by atoms with Crippen molar-refractivity contribution < 1.29 is 27.4 Å². The van der Waals surface area contributed by atoms with Crippen LogP contribution in [0.15, 0.2) is 48.5 Å². The quantitative estimate of drug-likeness (QED) is 0.443. The molecule has 1 heterocycles. The Balaban J connectivity index is 2.00. The van der Waals surface area contributed by atoms with Gasteiger partial charge in [0.15, 0.2) is 5.82 Å². The summed E-state index contributed by atoms with van der Waals surface area (Å²) >= 11 is 0. The van der Waals surface area contributed by atoms with Gasteiger partial charge in [-0.25, -0.2) is 4.68 Å². The van der Waals surface area contributed by atoms with Gasteiger partial charge < -0.3 is 14.8 Å². The molecule has 182 valence electrons. The lowest BCUT2D eigenvalue weighted by atomic mass is 9.92. The number of aromatic nitrogens is 3. The summed E-state index contributed by atoms with van der Waals surface area (Å²) in [7, 11) is 1.52. The van der Waals surface area contributed by atoms with Crippen LogP contribution in [0, 0.1) is 5.41 Å². The normalized spacial score (nSPS) is 12.0. The first kappa shape index (κ1) is 25.2. The van der Waals surface area contributed by atoms with Gasteiger partial charge in [0, 0.05) is 24.8 Å². The summed E-state index contributed by atoms with van der Waals surface area (Å²) in [5, 5.41) is 7.18. The molecule has 0 aliphatic carbocycles. The van der Waals surface area contributed by atoms with E-state index in [1.54, 1.807) is 24.3 Å². The maximum absolute atomic E-state index is 13.3. The van der Waals surface area contributed by atoms with Crippen molar-refractivity contribution in [2.75, 3.05) is 25.6 Å². The first-order valence-corrected chi connectivity index (χ1v) is 10.6. The number of rotatable bonds is 8. The summed E-state index contributed by atoms with van der Waals surface area (Å²) in [6, 6.07) is 11.6. The minimum atomic E-state index is -4.50. The fraction of sp³-hybridized carbons (Fsp3) is 0.375. The molecule has 0 atom stereocenters. The van der Waals surface area contributed by atoms with Crippen LogP contribution in [0.5, 0.6) is 6.01 Å². The lowest BCUT2D eigenvalue weighted by Crippen LogP contribution is -2.19. The number of anilines is 1. The van der Waals surface area contributed by atoms with Crippen molar-refractivity contribution in [3.05, 3.63) is 54.1 Å². The SMILES string of the molecule is COCCOc1nc(-c2cccc(C(F)(F)F)c2)n(-c2cccc(NC(=O)CC(C)(C)C)c2)n1. The maximum Gasteiger partial charge on any atom is 0.416 e. The van der Waals surface area contributed by atoms with Crippen LogP contribution < -0.4 is 10.1 Å². The number of nitrogens with zero attached hydrogens (tertiary/aromatic N) is 3. The van der Waals surface area contributed by atoms with Gasteiger partial charge in [-0.2, -0.15) is 18.2 Å². The maximum atomic E-state index is 13.3. The van der Waals surface area contributed by atoms with Gasteiger partial charge in [-0.3, -0.25) is 4.79 Å². The van der Waals surface area contributed by atoms with E-state index in [2.05, 4.69) is 15.4 Å². The van der Waals surface area contributed by atoms with Gasteiger partial charge in [0.1, 0.15) is 6.61 Å². The molecule has 3 aromatic rings. The van der Waals surface area contributed by atoms with E-state index in [1.807, 2.05) is 20.8 Å². The number of nitrogens with one attached hydrogen (secondary N) is 1. The van der Waals surface area contributed by atoms with Crippen molar-refractivity contribution in [1.29, 1.82) is 0 Å². The highest BCUT2D eigenvalue weighted by molar-refractivity contribution is 5.91. The van der Waals surface area contributed by atoms with E-state index in [0.717, 1.165) is 12.1 Å². The zero-order valence-corrected chi connectivity index (χ0v) is 19.4. The molecule has 0 radical (unpaired) electrons. The van der Waals surface area contributed by atoms with Crippen LogP contribution in [-0.4, -0.2) is 41.0 Å². The third-order valence-electron chi connectivity index (χ3n) is 4.62. The van der Waals surface area contributed by atoms with Crippen molar-refractivity contribution in [1.82, 2.24) is 14.8 Å². The molecule has 0 aliphatic rings. The Hall–Kier alpha value is -3.40. The number of carbonyl (C=O) groups is 1. The molecule has 1 aromatic heterocycles. The lowest BCUT2D eigenvalue weighted by molar-refractivity contribution is -0.137. The van der Waals surface area contributed by atoms with Crippen LogP contribution in [-0.2, 0) is 15.7 Å². The second kappa shape index (κ2) is 10.3. The third-order valence-corrected chi connectivity index (χ3v) is 4.62. The van der Waals surface area contributed by atoms with Crippen molar-refractivity contribution >= 4 is 11.6 Å². The average molecular weight is 476 g/mol. The third kappa shape index (κ3) is 6.80. The minimum absolute atomic E-state index is 0.00775. The zero-order chi connectivity index (χ0) is 24.9. The number of methoxy groups -OCH3 is 1. The Morgan fingerprint density at radius 3 is 2.47 bits per heavy atom. The Morgan fingerprint density at radius 2 is 1.79 bits per heavy atom. The lowest BCUT2D eigenvalue weighted by Gasteiger charge is -2.17. The molecule has 2 aromatic carbocycles. The predicted molar refractivity (Wildman–Crippen MR) is 122 cm³/mol. The molecule has 1 amide bonds. The minimum Gasteiger partial charge on any atom is -0.460 e. The summed E-state index contributed by atoms with van der Waals surface area (Å²) in [5.41, 5.74) is 0.253. The van der Waals surface area contributed by atoms with Crippen molar-refractivity contribution in [2.45, 2.75) is 33.4 Å². The Labute approximate surface area is 195 Å². The van der Waals surface area contributed by atoms with Gasteiger partial charge in [-0.1, -0.05) is 39.0 Å². The highest BCUT2D eigenvalue weighted by Gasteiger charge is 2.31. The van der Waals surface area contributed by atoms with Crippen LogP contribution in [0.25, 0.3) is 17.1 Å². The van der Waals surface area contributed by atoms with E-state index >= 15 is 0 Å². The van der Waals surface area contributed by atoms with Gasteiger partial charge in [-0.15, -0.1) is 5.10 Å². The second-order valence-corrected chi connectivity index (χ2v) is 8.89. The van der Waals surface area contributed by atoms with Gasteiger partial charge >= 0.3 is 12.2 Å². The topological polar surface area (TPSA) is 78.3 Å². The van der Waals surface area contributed by atoms with Crippen molar-refractivity contribution in [3.8, 4) is 23.1 Å². The fourth-order valence-corrected chi connectivity index (χ4v) is 3.17. The molecule has 0 aliphatic heterocycles. The Kier molecular flexibility index (Phi) is 7.61. The monoisotopic (exact) mass is 476 g/mol. The summed E-state index contributed by atoms with van der Waals surface area (Å²) in [5.74, 6) is 0.0154. The molecule has 0 saturated carbocycles. The van der Waals surface area contributed by atoms with Crippen LogP contribution in [0.2, 0.25) is 0 Å². The molecule has 0 saturated heterocycles. The van der Waals surface area contributed by atoms with Crippen molar-refractivity contribution in [3.63, 3.8) is 0 Å². The molecule has 1 N–H and O–H groups in total. The van der Waals surface area contributed by atoms with E-state index in [4.69, 9.17) is 9.47 Å². The van der Waals surface area contributed by atoms with Gasteiger partial charge in [0.2, 0.25) is 5.91 Å². The van der Waals surface area contributed by atoms with Gasteiger partial charge in [-0.05, 0) is 35.7 Å². The number of alkyl halides is 3. The molecule has 0 fully saturated rings. The van der Waals surface area contributed by atoms with E-state index in [0.29, 0.717) is 24.4 Å². The van der Waals surface area contributed by atoms with E-state index in [9.17, 15) is 18.0 Å². The number of benzene rings is 2. The Bertz CT molecular complexity index is 1140. The molecule has 34 heavy (non-hydrogen) atoms. The standard InChI is InChI=1S/C24H27F3N4O3/c1-23(2,3)15-20(32)28-18-9-6-10-19(14-18)31-21(29-22(30-31)34-12-11-33-4)16-7-5-8-17(13-16)24(25,26)27/h5-10,13-14H,11-12,15H2,1-4H3,(H,28,32).